The lowest BCUT2D eigenvalue weighted by Crippen LogP contribution is -2.09. The van der Waals surface area contributed by atoms with Crippen LogP contribution in [0.5, 0.6) is 0 Å². The summed E-state index contributed by atoms with van der Waals surface area (Å²) in [6.07, 6.45) is -2.59. The maximum Gasteiger partial charge on any atom is 0.357 e. The van der Waals surface area contributed by atoms with Crippen molar-refractivity contribution in [3.8, 4) is 0 Å². The van der Waals surface area contributed by atoms with Crippen molar-refractivity contribution < 1.29 is 18.3 Å². The third kappa shape index (κ3) is 2.61. The summed E-state index contributed by atoms with van der Waals surface area (Å²) in [4.78, 5) is 15.0. The first kappa shape index (κ1) is 12.3. The molecular formula is C9H8F2INO2. The van der Waals surface area contributed by atoms with Crippen molar-refractivity contribution in [1.29, 1.82) is 0 Å². The largest absolute Gasteiger partial charge is 0.464 e. The number of alkyl halides is 2. The lowest BCUT2D eigenvalue weighted by molar-refractivity contribution is 0.0591. The van der Waals surface area contributed by atoms with Gasteiger partial charge in [-0.3, -0.25) is 0 Å². The number of pyridine rings is 1. The average molecular weight is 327 g/mol. The predicted octanol–water partition coefficient (Wildman–Crippen LogP) is 2.72. The van der Waals surface area contributed by atoms with Crippen molar-refractivity contribution in [3.05, 3.63) is 26.6 Å². The molecule has 1 heterocycles. The highest BCUT2D eigenvalue weighted by Gasteiger charge is 2.18. The monoisotopic (exact) mass is 327 g/mol. The molecule has 0 fully saturated rings. The van der Waals surface area contributed by atoms with Gasteiger partial charge in [0.1, 0.15) is 0 Å². The fourth-order valence-corrected chi connectivity index (χ4v) is 1.73. The molecule has 0 radical (unpaired) electrons. The second kappa shape index (κ2) is 4.82. The summed E-state index contributed by atoms with van der Waals surface area (Å²) in [7, 11) is 1.22. The molecule has 0 aliphatic rings. The first-order valence-electron chi connectivity index (χ1n) is 4.01. The zero-order valence-electron chi connectivity index (χ0n) is 8.05. The first-order valence-corrected chi connectivity index (χ1v) is 5.08. The van der Waals surface area contributed by atoms with Crippen LogP contribution in [0, 0.1) is 10.5 Å². The minimum atomic E-state index is -2.59. The van der Waals surface area contributed by atoms with E-state index in [0.29, 0.717) is 3.57 Å². The van der Waals surface area contributed by atoms with Gasteiger partial charge in [0.2, 0.25) is 0 Å². The number of hydrogen-bond acceptors (Lipinski definition) is 3. The van der Waals surface area contributed by atoms with Crippen LogP contribution in [0.1, 0.15) is 28.2 Å². The van der Waals surface area contributed by atoms with Crippen LogP contribution in [-0.4, -0.2) is 18.1 Å². The topological polar surface area (TPSA) is 39.2 Å². The molecule has 0 saturated heterocycles. The SMILES string of the molecule is COC(=O)c1nc(C)c(C(F)F)cc1I. The Kier molecular flexibility index (Phi) is 3.95. The van der Waals surface area contributed by atoms with E-state index in [0.717, 1.165) is 0 Å². The van der Waals surface area contributed by atoms with Gasteiger partial charge in [0.25, 0.3) is 6.43 Å². The van der Waals surface area contributed by atoms with Gasteiger partial charge >= 0.3 is 5.97 Å². The molecular weight excluding hydrogens is 319 g/mol. The first-order chi connectivity index (χ1) is 6.97. The number of ether oxygens (including phenoxy) is 1. The summed E-state index contributed by atoms with van der Waals surface area (Å²) in [6.45, 7) is 1.43. The summed E-state index contributed by atoms with van der Waals surface area (Å²) in [5.41, 5.74) is 0.0536. The van der Waals surface area contributed by atoms with Crippen molar-refractivity contribution in [2.24, 2.45) is 0 Å². The lowest BCUT2D eigenvalue weighted by Gasteiger charge is -2.07. The van der Waals surface area contributed by atoms with Gasteiger partial charge in [0, 0.05) is 14.8 Å². The summed E-state index contributed by atoms with van der Waals surface area (Å²) < 4.78 is 29.8. The zero-order chi connectivity index (χ0) is 11.6. The van der Waals surface area contributed by atoms with Crippen molar-refractivity contribution >= 4 is 28.6 Å². The van der Waals surface area contributed by atoms with Crippen LogP contribution in [0.4, 0.5) is 8.78 Å². The zero-order valence-corrected chi connectivity index (χ0v) is 10.2. The number of aromatic nitrogens is 1. The van der Waals surface area contributed by atoms with Crippen LogP contribution in [0.2, 0.25) is 0 Å². The third-order valence-corrected chi connectivity index (χ3v) is 2.64. The molecule has 15 heavy (non-hydrogen) atoms. The van der Waals surface area contributed by atoms with Gasteiger partial charge in [-0.2, -0.15) is 0 Å². The number of hydrogen-bond donors (Lipinski definition) is 0. The molecule has 3 nitrogen and oxygen atoms in total. The summed E-state index contributed by atoms with van der Waals surface area (Å²) in [5.74, 6) is -0.622. The fourth-order valence-electron chi connectivity index (χ4n) is 1.06. The van der Waals surface area contributed by atoms with Crippen molar-refractivity contribution in [3.63, 3.8) is 0 Å². The molecule has 0 saturated carbocycles. The standard InChI is InChI=1S/C9H8F2INO2/c1-4-5(8(10)11)3-6(12)7(13-4)9(14)15-2/h3,8H,1-2H3. The number of carbonyl (C=O) groups excluding carboxylic acids is 1. The maximum atomic E-state index is 12.5. The molecule has 0 aromatic carbocycles. The van der Waals surface area contributed by atoms with Gasteiger partial charge in [-0.05, 0) is 35.6 Å². The molecule has 0 spiro atoms. The minimum Gasteiger partial charge on any atom is -0.464 e. The molecule has 0 amide bonds. The highest BCUT2D eigenvalue weighted by atomic mass is 127. The number of nitrogens with zero attached hydrogens (tertiary/aromatic N) is 1. The number of esters is 1. The quantitative estimate of drug-likeness (QED) is 0.619. The smallest absolute Gasteiger partial charge is 0.357 e. The summed E-state index contributed by atoms with van der Waals surface area (Å²) in [5, 5.41) is 0. The highest BCUT2D eigenvalue weighted by molar-refractivity contribution is 14.1. The van der Waals surface area contributed by atoms with Crippen molar-refractivity contribution in [2.75, 3.05) is 7.11 Å². The Morgan fingerprint density at radius 3 is 2.67 bits per heavy atom. The van der Waals surface area contributed by atoms with Gasteiger partial charge in [0.15, 0.2) is 5.69 Å². The van der Waals surface area contributed by atoms with E-state index in [1.165, 1.54) is 20.1 Å². The molecule has 1 aromatic rings. The molecule has 82 valence electrons. The van der Waals surface area contributed by atoms with Gasteiger partial charge in [-0.25, -0.2) is 18.6 Å². The van der Waals surface area contributed by atoms with Crippen LogP contribution in [0.25, 0.3) is 0 Å². The third-order valence-electron chi connectivity index (χ3n) is 1.82. The maximum absolute atomic E-state index is 12.5. The van der Waals surface area contributed by atoms with Crippen molar-refractivity contribution in [2.45, 2.75) is 13.3 Å². The van der Waals surface area contributed by atoms with Gasteiger partial charge in [-0.1, -0.05) is 0 Å². The number of methoxy groups -OCH3 is 1. The van der Waals surface area contributed by atoms with Gasteiger partial charge in [0.05, 0.1) is 7.11 Å². The van der Waals surface area contributed by atoms with Crippen LogP contribution in [-0.2, 0) is 4.74 Å². The van der Waals surface area contributed by atoms with Crippen molar-refractivity contribution in [1.82, 2.24) is 4.98 Å². The summed E-state index contributed by atoms with van der Waals surface area (Å²) in [6, 6.07) is 1.25. The fraction of sp³-hybridized carbons (Fsp3) is 0.333. The Morgan fingerprint density at radius 2 is 2.20 bits per heavy atom. The molecule has 0 N–H and O–H groups in total. The van der Waals surface area contributed by atoms with E-state index >= 15 is 0 Å². The Hall–Kier alpha value is -0.790. The Bertz CT molecular complexity index is 396. The van der Waals surface area contributed by atoms with Crippen LogP contribution in [0.3, 0.4) is 0 Å². The molecule has 1 rings (SSSR count). The highest BCUT2D eigenvalue weighted by Crippen LogP contribution is 2.24. The minimum absolute atomic E-state index is 0.0694. The second-order valence-corrected chi connectivity index (χ2v) is 3.95. The molecule has 6 heteroatoms. The molecule has 0 aliphatic carbocycles. The Balaban J connectivity index is 3.25. The molecule has 1 aromatic heterocycles. The number of halogens is 3. The normalized spacial score (nSPS) is 10.5. The molecule has 0 aliphatic heterocycles. The second-order valence-electron chi connectivity index (χ2n) is 2.79. The van der Waals surface area contributed by atoms with E-state index < -0.39 is 12.4 Å². The number of carbonyl (C=O) groups is 1. The lowest BCUT2D eigenvalue weighted by atomic mass is 10.2. The van der Waals surface area contributed by atoms with Crippen LogP contribution in [0.15, 0.2) is 6.07 Å². The molecule has 0 unspecified atom stereocenters. The van der Waals surface area contributed by atoms with E-state index in [1.54, 1.807) is 22.6 Å². The summed E-state index contributed by atoms with van der Waals surface area (Å²) >= 11 is 1.78. The van der Waals surface area contributed by atoms with E-state index in [-0.39, 0.29) is 17.0 Å². The number of rotatable bonds is 2. The van der Waals surface area contributed by atoms with Crippen LogP contribution < -0.4 is 0 Å². The van der Waals surface area contributed by atoms with E-state index in [2.05, 4.69) is 9.72 Å². The van der Waals surface area contributed by atoms with E-state index in [9.17, 15) is 13.6 Å². The average Bonchev–Trinajstić information content (AvgIpc) is 2.19. The van der Waals surface area contributed by atoms with E-state index in [1.807, 2.05) is 0 Å². The Morgan fingerprint density at radius 1 is 1.60 bits per heavy atom. The Labute approximate surface area is 99.0 Å². The van der Waals surface area contributed by atoms with Gasteiger partial charge < -0.3 is 4.74 Å². The molecule has 0 atom stereocenters. The van der Waals surface area contributed by atoms with Crippen LogP contribution >= 0.6 is 22.6 Å². The predicted molar refractivity (Wildman–Crippen MR) is 58.0 cm³/mol. The number of aryl methyl sites for hydroxylation is 1. The van der Waals surface area contributed by atoms with E-state index in [4.69, 9.17) is 0 Å². The van der Waals surface area contributed by atoms with Gasteiger partial charge in [-0.15, -0.1) is 0 Å². The molecule has 0 bridgehead atoms.